The first-order valence-electron chi connectivity index (χ1n) is 12.4. The molecule has 0 bridgehead atoms. The number of amides is 2. The van der Waals surface area contributed by atoms with Crippen LogP contribution in [0.2, 0.25) is 0 Å². The molecule has 1 saturated carbocycles. The molecule has 3 rings (SSSR count). The van der Waals surface area contributed by atoms with Crippen molar-refractivity contribution >= 4 is 43.5 Å². The Labute approximate surface area is 223 Å². The summed E-state index contributed by atoms with van der Waals surface area (Å²) in [6, 6.07) is 12.4. The monoisotopic (exact) mass is 577 g/mol. The first-order chi connectivity index (χ1) is 17.0. The maximum atomic E-state index is 13.8. The third-order valence-corrected chi connectivity index (χ3v) is 8.70. The van der Waals surface area contributed by atoms with Gasteiger partial charge in [-0.3, -0.25) is 13.9 Å². The third-order valence-electron chi connectivity index (χ3n) is 6.67. The number of sulfonamides is 1. The van der Waals surface area contributed by atoms with Crippen LogP contribution < -0.4 is 9.62 Å². The molecule has 0 heterocycles. The van der Waals surface area contributed by atoms with E-state index in [4.69, 9.17) is 0 Å². The molecule has 0 aliphatic heterocycles. The molecule has 1 aliphatic rings. The number of aryl methyl sites for hydroxylation is 2. The second-order valence-electron chi connectivity index (χ2n) is 9.62. The van der Waals surface area contributed by atoms with Crippen LogP contribution in [0.1, 0.15) is 55.7 Å². The van der Waals surface area contributed by atoms with Crippen molar-refractivity contribution in [2.45, 2.75) is 71.5 Å². The average molecular weight is 579 g/mol. The molecular formula is C27H36BrN3O4S. The van der Waals surface area contributed by atoms with Crippen molar-refractivity contribution < 1.29 is 18.0 Å². The minimum absolute atomic E-state index is 0.126. The number of carbonyl (C=O) groups excluding carboxylic acids is 2. The molecule has 36 heavy (non-hydrogen) atoms. The molecule has 0 aromatic heterocycles. The molecule has 2 aromatic rings. The fraction of sp³-hybridized carbons (Fsp3) is 0.481. The van der Waals surface area contributed by atoms with Crippen LogP contribution in [0.15, 0.2) is 46.9 Å². The SMILES string of the molecule is CCC(C(=O)NC1CCCC1)N(Cc1ccc(C)cc1)C(=O)CN(c1ccc(Br)c(C)c1)S(C)(=O)=O. The first-order valence-corrected chi connectivity index (χ1v) is 15.0. The second kappa shape index (κ2) is 12.2. The molecule has 0 saturated heterocycles. The number of benzene rings is 2. The van der Waals surface area contributed by atoms with E-state index in [2.05, 4.69) is 21.2 Å². The predicted octanol–water partition coefficient (Wildman–Crippen LogP) is 4.70. The van der Waals surface area contributed by atoms with Crippen molar-refractivity contribution in [3.63, 3.8) is 0 Å². The Morgan fingerprint density at radius 1 is 1.08 bits per heavy atom. The summed E-state index contributed by atoms with van der Waals surface area (Å²) in [6.07, 6.45) is 5.57. The summed E-state index contributed by atoms with van der Waals surface area (Å²) in [5.74, 6) is -0.606. The van der Waals surface area contributed by atoms with Crippen LogP contribution in [0.25, 0.3) is 0 Å². The standard InChI is InChI=1S/C27H36BrN3O4S/c1-5-25(27(33)29-22-8-6-7-9-22)30(17-21-12-10-19(2)11-13-21)26(32)18-31(36(4,34)35)23-14-15-24(28)20(3)16-23/h10-16,22,25H,5-9,17-18H2,1-4H3,(H,29,33). The van der Waals surface area contributed by atoms with Crippen LogP contribution in [-0.2, 0) is 26.2 Å². The molecular weight excluding hydrogens is 542 g/mol. The number of hydrogen-bond acceptors (Lipinski definition) is 4. The fourth-order valence-electron chi connectivity index (χ4n) is 4.57. The van der Waals surface area contributed by atoms with Gasteiger partial charge in [0, 0.05) is 17.1 Å². The van der Waals surface area contributed by atoms with Crippen LogP contribution in [0.4, 0.5) is 5.69 Å². The lowest BCUT2D eigenvalue weighted by Crippen LogP contribution is -2.53. The van der Waals surface area contributed by atoms with Crippen LogP contribution in [0.3, 0.4) is 0 Å². The number of rotatable bonds is 10. The molecule has 2 aromatic carbocycles. The lowest BCUT2D eigenvalue weighted by Gasteiger charge is -2.33. The zero-order chi connectivity index (χ0) is 26.5. The van der Waals surface area contributed by atoms with E-state index >= 15 is 0 Å². The Bertz CT molecular complexity index is 1180. The summed E-state index contributed by atoms with van der Waals surface area (Å²) in [4.78, 5) is 28.6. The van der Waals surface area contributed by atoms with Gasteiger partial charge < -0.3 is 10.2 Å². The highest BCUT2D eigenvalue weighted by Crippen LogP contribution is 2.25. The van der Waals surface area contributed by atoms with Crippen molar-refractivity contribution in [1.29, 1.82) is 0 Å². The maximum Gasteiger partial charge on any atom is 0.244 e. The van der Waals surface area contributed by atoms with Gasteiger partial charge in [-0.05, 0) is 62.4 Å². The van der Waals surface area contributed by atoms with E-state index in [-0.39, 0.29) is 25.0 Å². The van der Waals surface area contributed by atoms with E-state index in [0.29, 0.717) is 12.1 Å². The van der Waals surface area contributed by atoms with Crippen molar-refractivity contribution in [3.05, 3.63) is 63.6 Å². The lowest BCUT2D eigenvalue weighted by atomic mass is 10.1. The minimum atomic E-state index is -3.76. The fourth-order valence-corrected chi connectivity index (χ4v) is 5.66. The Balaban J connectivity index is 1.92. The number of hydrogen-bond donors (Lipinski definition) is 1. The van der Waals surface area contributed by atoms with Crippen LogP contribution >= 0.6 is 15.9 Å². The zero-order valence-corrected chi connectivity index (χ0v) is 23.9. The van der Waals surface area contributed by atoms with Gasteiger partial charge >= 0.3 is 0 Å². The normalized spacial score (nSPS) is 14.9. The summed E-state index contributed by atoms with van der Waals surface area (Å²) >= 11 is 3.44. The van der Waals surface area contributed by atoms with Gasteiger partial charge in [-0.15, -0.1) is 0 Å². The van der Waals surface area contributed by atoms with Crippen molar-refractivity contribution in [2.24, 2.45) is 0 Å². The average Bonchev–Trinajstić information content (AvgIpc) is 3.32. The topological polar surface area (TPSA) is 86.8 Å². The number of nitrogens with zero attached hydrogens (tertiary/aromatic N) is 2. The molecule has 0 radical (unpaired) electrons. The highest BCUT2D eigenvalue weighted by molar-refractivity contribution is 9.10. The summed E-state index contributed by atoms with van der Waals surface area (Å²) in [6.45, 7) is 5.55. The Kier molecular flexibility index (Phi) is 9.58. The quantitative estimate of drug-likeness (QED) is 0.443. The lowest BCUT2D eigenvalue weighted by molar-refractivity contribution is -0.140. The van der Waals surface area contributed by atoms with E-state index in [1.807, 2.05) is 45.0 Å². The van der Waals surface area contributed by atoms with E-state index in [1.54, 1.807) is 18.2 Å². The number of halogens is 1. The van der Waals surface area contributed by atoms with Gasteiger partial charge in [0.25, 0.3) is 0 Å². The van der Waals surface area contributed by atoms with E-state index in [1.165, 1.54) is 4.90 Å². The molecule has 1 unspecified atom stereocenters. The third kappa shape index (κ3) is 7.32. The number of nitrogens with one attached hydrogen (secondary N) is 1. The second-order valence-corrected chi connectivity index (χ2v) is 12.4. The molecule has 0 spiro atoms. The highest BCUT2D eigenvalue weighted by atomic mass is 79.9. The molecule has 196 valence electrons. The molecule has 1 atom stereocenters. The molecule has 1 aliphatic carbocycles. The zero-order valence-electron chi connectivity index (χ0n) is 21.5. The summed E-state index contributed by atoms with van der Waals surface area (Å²) < 4.78 is 27.5. The maximum absolute atomic E-state index is 13.8. The van der Waals surface area contributed by atoms with E-state index in [0.717, 1.165) is 57.4 Å². The van der Waals surface area contributed by atoms with Gasteiger partial charge in [0.2, 0.25) is 21.8 Å². The Hall–Kier alpha value is -2.39. The number of carbonyl (C=O) groups is 2. The summed E-state index contributed by atoms with van der Waals surface area (Å²) in [5.41, 5.74) is 3.24. The molecule has 9 heteroatoms. The van der Waals surface area contributed by atoms with Gasteiger partial charge in [0.1, 0.15) is 12.6 Å². The van der Waals surface area contributed by atoms with Crippen LogP contribution in [-0.4, -0.2) is 50.0 Å². The largest absolute Gasteiger partial charge is 0.352 e. The van der Waals surface area contributed by atoms with Gasteiger partial charge in [-0.2, -0.15) is 0 Å². The van der Waals surface area contributed by atoms with Gasteiger partial charge in [-0.25, -0.2) is 8.42 Å². The molecule has 2 amide bonds. The van der Waals surface area contributed by atoms with Crippen LogP contribution in [0, 0.1) is 13.8 Å². The summed E-state index contributed by atoms with van der Waals surface area (Å²) in [7, 11) is -3.76. The van der Waals surface area contributed by atoms with Gasteiger partial charge in [-0.1, -0.05) is 65.5 Å². The highest BCUT2D eigenvalue weighted by Gasteiger charge is 2.33. The summed E-state index contributed by atoms with van der Waals surface area (Å²) in [5, 5.41) is 3.12. The van der Waals surface area contributed by atoms with Gasteiger partial charge in [0.15, 0.2) is 0 Å². The molecule has 1 N–H and O–H groups in total. The van der Waals surface area contributed by atoms with Crippen molar-refractivity contribution in [2.75, 3.05) is 17.1 Å². The Morgan fingerprint density at radius 3 is 2.28 bits per heavy atom. The minimum Gasteiger partial charge on any atom is -0.352 e. The Morgan fingerprint density at radius 2 is 1.72 bits per heavy atom. The smallest absolute Gasteiger partial charge is 0.244 e. The van der Waals surface area contributed by atoms with Crippen molar-refractivity contribution in [3.8, 4) is 0 Å². The van der Waals surface area contributed by atoms with Crippen LogP contribution in [0.5, 0.6) is 0 Å². The van der Waals surface area contributed by atoms with Gasteiger partial charge in [0.05, 0.1) is 11.9 Å². The first kappa shape index (κ1) is 28.2. The van der Waals surface area contributed by atoms with E-state index in [9.17, 15) is 18.0 Å². The molecule has 1 fully saturated rings. The van der Waals surface area contributed by atoms with Crippen molar-refractivity contribution in [1.82, 2.24) is 10.2 Å². The number of anilines is 1. The molecule has 7 nitrogen and oxygen atoms in total. The van der Waals surface area contributed by atoms with E-state index < -0.39 is 22.0 Å². The predicted molar refractivity (Wildman–Crippen MR) is 147 cm³/mol.